The van der Waals surface area contributed by atoms with Crippen molar-refractivity contribution in [2.75, 3.05) is 13.7 Å². The topological polar surface area (TPSA) is 51.5 Å². The molecule has 1 N–H and O–H groups in total. The van der Waals surface area contributed by atoms with Crippen molar-refractivity contribution in [1.82, 2.24) is 5.32 Å². The molecule has 0 fully saturated rings. The van der Waals surface area contributed by atoms with E-state index >= 15 is 0 Å². The fourth-order valence-corrected chi connectivity index (χ4v) is 3.22. The third-order valence-corrected chi connectivity index (χ3v) is 4.60. The molecule has 4 nitrogen and oxygen atoms in total. The van der Waals surface area contributed by atoms with Gasteiger partial charge in [-0.25, -0.2) is 4.39 Å². The van der Waals surface area contributed by atoms with Crippen LogP contribution in [0.25, 0.3) is 27.7 Å². The van der Waals surface area contributed by atoms with Crippen LogP contribution in [0.2, 0.25) is 0 Å². The number of ether oxygens (including phenoxy) is 1. The van der Waals surface area contributed by atoms with Crippen LogP contribution in [0.5, 0.6) is 5.75 Å². The van der Waals surface area contributed by atoms with Crippen LogP contribution >= 0.6 is 0 Å². The Morgan fingerprint density at radius 2 is 2.04 bits per heavy atom. The van der Waals surface area contributed by atoms with Crippen LogP contribution in [0.3, 0.4) is 0 Å². The normalized spacial score (nSPS) is 11.5. The summed E-state index contributed by atoms with van der Waals surface area (Å²) >= 11 is 0. The van der Waals surface area contributed by atoms with Gasteiger partial charge in [0.2, 0.25) is 5.91 Å². The predicted octanol–water partition coefficient (Wildman–Crippen LogP) is 5.26. The Kier molecular flexibility index (Phi) is 5.64. The second kappa shape index (κ2) is 8.13. The summed E-state index contributed by atoms with van der Waals surface area (Å²) in [5.41, 5.74) is 4.79. The van der Waals surface area contributed by atoms with Gasteiger partial charge in [0.1, 0.15) is 17.1 Å². The first-order chi connectivity index (χ1) is 13.5. The van der Waals surface area contributed by atoms with Gasteiger partial charge in [-0.05, 0) is 43.2 Å². The molecular weight excluding hydrogens is 357 g/mol. The van der Waals surface area contributed by atoms with E-state index in [-0.39, 0.29) is 11.7 Å². The van der Waals surface area contributed by atoms with Gasteiger partial charge in [0.05, 0.1) is 13.4 Å². The fourth-order valence-electron chi connectivity index (χ4n) is 3.22. The molecule has 3 rings (SSSR count). The highest BCUT2D eigenvalue weighted by molar-refractivity contribution is 6.01. The Morgan fingerprint density at radius 1 is 1.32 bits per heavy atom. The third kappa shape index (κ3) is 3.69. The molecule has 0 saturated carbocycles. The number of nitrogens with one attached hydrogen (secondary N) is 1. The van der Waals surface area contributed by atoms with Gasteiger partial charge in [0.15, 0.2) is 0 Å². The number of carbonyl (C=O) groups is 1. The third-order valence-electron chi connectivity index (χ3n) is 4.60. The summed E-state index contributed by atoms with van der Waals surface area (Å²) < 4.78 is 24.7. The minimum Gasteiger partial charge on any atom is -0.496 e. The molecule has 0 radical (unpaired) electrons. The van der Waals surface area contributed by atoms with Crippen molar-refractivity contribution < 1.29 is 18.3 Å². The summed E-state index contributed by atoms with van der Waals surface area (Å²) in [6.45, 7) is 7.75. The van der Waals surface area contributed by atoms with E-state index < -0.39 is 0 Å². The number of benzene rings is 2. The van der Waals surface area contributed by atoms with Crippen molar-refractivity contribution in [2.24, 2.45) is 0 Å². The zero-order valence-corrected chi connectivity index (χ0v) is 16.1. The second-order valence-electron chi connectivity index (χ2n) is 6.48. The second-order valence-corrected chi connectivity index (χ2v) is 6.48. The quantitative estimate of drug-likeness (QED) is 0.469. The molecule has 1 aromatic heterocycles. The summed E-state index contributed by atoms with van der Waals surface area (Å²) in [4.78, 5) is 12.1. The lowest BCUT2D eigenvalue weighted by Crippen LogP contribution is -2.20. The zero-order valence-electron chi connectivity index (χ0n) is 16.1. The highest BCUT2D eigenvalue weighted by Crippen LogP contribution is 2.40. The Bertz CT molecular complexity index is 1060. The van der Waals surface area contributed by atoms with Crippen molar-refractivity contribution in [2.45, 2.75) is 13.8 Å². The maximum atomic E-state index is 13.3. The van der Waals surface area contributed by atoms with E-state index in [1.165, 1.54) is 18.2 Å². The summed E-state index contributed by atoms with van der Waals surface area (Å²) in [7, 11) is 1.59. The van der Waals surface area contributed by atoms with Crippen molar-refractivity contribution in [3.8, 4) is 16.9 Å². The van der Waals surface area contributed by atoms with E-state index in [4.69, 9.17) is 9.15 Å². The molecule has 0 saturated heterocycles. The molecule has 2 aromatic carbocycles. The number of carbonyl (C=O) groups excluding carboxylic acids is 1. The van der Waals surface area contributed by atoms with Crippen molar-refractivity contribution in [3.63, 3.8) is 0 Å². The molecule has 0 bridgehead atoms. The number of hydrogen-bond acceptors (Lipinski definition) is 3. The number of allylic oxidation sites excluding steroid dienone is 1. The largest absolute Gasteiger partial charge is 0.496 e. The van der Waals surface area contributed by atoms with Gasteiger partial charge in [0.25, 0.3) is 0 Å². The number of rotatable bonds is 6. The average molecular weight is 379 g/mol. The first kappa shape index (κ1) is 19.4. The maximum absolute atomic E-state index is 13.3. The van der Waals surface area contributed by atoms with Gasteiger partial charge in [-0.2, -0.15) is 0 Å². The van der Waals surface area contributed by atoms with E-state index in [1.807, 2.05) is 19.9 Å². The molecule has 0 aliphatic rings. The number of amides is 1. The molecule has 0 atom stereocenters. The van der Waals surface area contributed by atoms with Gasteiger partial charge in [0, 0.05) is 34.7 Å². The van der Waals surface area contributed by atoms with Crippen LogP contribution in [0, 0.1) is 12.7 Å². The minimum absolute atomic E-state index is 0.205. The minimum atomic E-state index is -0.292. The van der Waals surface area contributed by atoms with E-state index in [9.17, 15) is 9.18 Å². The predicted molar refractivity (Wildman–Crippen MR) is 110 cm³/mol. The van der Waals surface area contributed by atoms with Crippen molar-refractivity contribution >= 4 is 22.4 Å². The van der Waals surface area contributed by atoms with Gasteiger partial charge < -0.3 is 14.5 Å². The molecule has 1 amide bonds. The van der Waals surface area contributed by atoms with Crippen LogP contribution in [-0.4, -0.2) is 19.6 Å². The monoisotopic (exact) mass is 379 g/mol. The van der Waals surface area contributed by atoms with E-state index in [1.54, 1.807) is 31.6 Å². The van der Waals surface area contributed by atoms with E-state index in [2.05, 4.69) is 11.9 Å². The molecule has 3 aromatic rings. The first-order valence-electron chi connectivity index (χ1n) is 8.88. The van der Waals surface area contributed by atoms with E-state index in [0.717, 1.165) is 33.2 Å². The highest BCUT2D eigenvalue weighted by atomic mass is 19.1. The van der Waals surface area contributed by atoms with Crippen molar-refractivity contribution in [1.29, 1.82) is 0 Å². The molecule has 0 aliphatic carbocycles. The first-order valence-corrected chi connectivity index (χ1v) is 8.88. The molecule has 0 unspecified atom stereocenters. The van der Waals surface area contributed by atoms with Gasteiger partial charge in [-0.1, -0.05) is 18.2 Å². The number of halogens is 1. The number of aryl methyl sites for hydroxylation is 1. The summed E-state index contributed by atoms with van der Waals surface area (Å²) in [6, 6.07) is 8.20. The van der Waals surface area contributed by atoms with Crippen molar-refractivity contribution in [3.05, 3.63) is 72.3 Å². The molecule has 0 spiro atoms. The van der Waals surface area contributed by atoms with Gasteiger partial charge in [-0.15, -0.1) is 6.58 Å². The van der Waals surface area contributed by atoms with Crippen LogP contribution in [0.15, 0.2) is 59.7 Å². The molecule has 0 aliphatic heterocycles. The molecule has 1 heterocycles. The number of fused-ring (bicyclic) bond motifs is 1. The van der Waals surface area contributed by atoms with Crippen LogP contribution < -0.4 is 10.1 Å². The zero-order chi connectivity index (χ0) is 20.3. The number of methoxy groups -OCH3 is 1. The van der Waals surface area contributed by atoms with E-state index in [0.29, 0.717) is 17.9 Å². The molecule has 5 heteroatoms. The number of hydrogen-bond donors (Lipinski definition) is 1. The Morgan fingerprint density at radius 3 is 2.68 bits per heavy atom. The van der Waals surface area contributed by atoms with Crippen LogP contribution in [0.1, 0.15) is 18.1 Å². The number of furan rings is 1. The maximum Gasteiger partial charge on any atom is 0.244 e. The lowest BCUT2D eigenvalue weighted by molar-refractivity contribution is -0.116. The summed E-state index contributed by atoms with van der Waals surface area (Å²) in [5, 5.41) is 3.61. The SMILES string of the molecule is C=CCNC(=O)/C=C(\C)c1cc2c(-c3ccc(F)cc3)coc2c(C)c1OC. The van der Waals surface area contributed by atoms with Crippen LogP contribution in [-0.2, 0) is 4.79 Å². The molecule has 28 heavy (non-hydrogen) atoms. The highest BCUT2D eigenvalue weighted by Gasteiger charge is 2.18. The Balaban J connectivity index is 2.15. The Labute approximate surface area is 163 Å². The molecule has 144 valence electrons. The fraction of sp³-hybridized carbons (Fsp3) is 0.174. The average Bonchev–Trinajstić information content (AvgIpc) is 3.11. The standard InChI is InChI=1S/C23H22FNO3/c1-5-10-25-21(26)11-14(2)18-12-19-20(16-6-8-17(24)9-7-16)13-28-23(19)15(3)22(18)27-4/h5-9,11-13H,1,10H2,2-4H3,(H,25,26)/b14-11+. The smallest absolute Gasteiger partial charge is 0.244 e. The lowest BCUT2D eigenvalue weighted by atomic mass is 9.96. The van der Waals surface area contributed by atoms with Crippen LogP contribution in [0.4, 0.5) is 4.39 Å². The Hall–Kier alpha value is -3.34. The van der Waals surface area contributed by atoms with Gasteiger partial charge >= 0.3 is 0 Å². The molecular formula is C23H22FNO3. The lowest BCUT2D eigenvalue weighted by Gasteiger charge is -2.13. The summed E-state index contributed by atoms with van der Waals surface area (Å²) in [5.74, 6) is 0.153. The summed E-state index contributed by atoms with van der Waals surface area (Å²) in [6.07, 6.45) is 4.81. The van der Waals surface area contributed by atoms with Gasteiger partial charge in [-0.3, -0.25) is 4.79 Å².